The number of hydrogen-bond acceptors (Lipinski definition) is 1. The highest BCUT2D eigenvalue weighted by Crippen LogP contribution is 2.28. The number of nitrogens with zero attached hydrogens (tertiary/aromatic N) is 1. The van der Waals surface area contributed by atoms with Crippen LogP contribution in [0, 0.1) is 0 Å². The van der Waals surface area contributed by atoms with Crippen molar-refractivity contribution in [3.63, 3.8) is 0 Å². The van der Waals surface area contributed by atoms with Crippen molar-refractivity contribution in [3.8, 4) is 0 Å². The number of nitrogens with two attached hydrogens (primary N) is 1. The standard InChI is InChI=1S/C11H13ClN2/c1-2-14-7-8(6-13)11-9(12)4-3-5-10(11)14/h3-5,7H,2,6,13H2,1H3. The van der Waals surface area contributed by atoms with E-state index < -0.39 is 0 Å². The van der Waals surface area contributed by atoms with Crippen LogP contribution in [0.4, 0.5) is 0 Å². The van der Waals surface area contributed by atoms with Crippen molar-refractivity contribution >= 4 is 22.5 Å². The lowest BCUT2D eigenvalue weighted by Crippen LogP contribution is -1.95. The lowest BCUT2D eigenvalue weighted by Gasteiger charge is -2.00. The number of rotatable bonds is 2. The molecule has 0 amide bonds. The largest absolute Gasteiger partial charge is 0.347 e. The van der Waals surface area contributed by atoms with Crippen molar-refractivity contribution in [1.29, 1.82) is 0 Å². The molecule has 2 rings (SSSR count). The Bertz CT molecular complexity index is 460. The smallest absolute Gasteiger partial charge is 0.0503 e. The van der Waals surface area contributed by atoms with E-state index >= 15 is 0 Å². The van der Waals surface area contributed by atoms with Gasteiger partial charge in [0.2, 0.25) is 0 Å². The summed E-state index contributed by atoms with van der Waals surface area (Å²) in [5, 5.41) is 1.88. The van der Waals surface area contributed by atoms with Crippen LogP contribution in [0.3, 0.4) is 0 Å². The van der Waals surface area contributed by atoms with E-state index in [0.29, 0.717) is 6.54 Å². The van der Waals surface area contributed by atoms with E-state index in [1.165, 1.54) is 5.52 Å². The lowest BCUT2D eigenvalue weighted by atomic mass is 10.2. The third-order valence-corrected chi connectivity index (χ3v) is 2.81. The second-order valence-electron chi connectivity index (χ2n) is 3.28. The summed E-state index contributed by atoms with van der Waals surface area (Å²) in [4.78, 5) is 0. The zero-order chi connectivity index (χ0) is 10.1. The first-order valence-corrected chi connectivity index (χ1v) is 5.12. The molecule has 0 bridgehead atoms. The monoisotopic (exact) mass is 208 g/mol. The van der Waals surface area contributed by atoms with Crippen LogP contribution in [0.25, 0.3) is 10.9 Å². The van der Waals surface area contributed by atoms with Gasteiger partial charge in [0, 0.05) is 30.2 Å². The molecule has 0 saturated carbocycles. The Morgan fingerprint density at radius 2 is 2.21 bits per heavy atom. The summed E-state index contributed by atoms with van der Waals surface area (Å²) in [6, 6.07) is 5.95. The molecule has 14 heavy (non-hydrogen) atoms. The summed E-state index contributed by atoms with van der Waals surface area (Å²) >= 11 is 6.14. The highest BCUT2D eigenvalue weighted by atomic mass is 35.5. The second kappa shape index (κ2) is 3.64. The van der Waals surface area contributed by atoms with Gasteiger partial charge in [0.1, 0.15) is 0 Å². The summed E-state index contributed by atoms with van der Waals surface area (Å²) in [6.45, 7) is 3.59. The number of aryl methyl sites for hydroxylation is 1. The van der Waals surface area contributed by atoms with Crippen LogP contribution in [-0.2, 0) is 13.1 Å². The van der Waals surface area contributed by atoms with Crippen molar-refractivity contribution in [2.45, 2.75) is 20.0 Å². The SMILES string of the molecule is CCn1cc(CN)c2c(Cl)cccc21. The first kappa shape index (κ1) is 9.56. The average molecular weight is 209 g/mol. The minimum Gasteiger partial charge on any atom is -0.347 e. The van der Waals surface area contributed by atoms with Gasteiger partial charge < -0.3 is 10.3 Å². The van der Waals surface area contributed by atoms with Crippen molar-refractivity contribution in [3.05, 3.63) is 35.0 Å². The predicted molar refractivity (Wildman–Crippen MR) is 60.5 cm³/mol. The molecule has 0 radical (unpaired) electrons. The van der Waals surface area contributed by atoms with E-state index in [-0.39, 0.29) is 0 Å². The molecule has 0 unspecified atom stereocenters. The summed E-state index contributed by atoms with van der Waals surface area (Å²) in [5.41, 5.74) is 7.97. The second-order valence-corrected chi connectivity index (χ2v) is 3.69. The van der Waals surface area contributed by atoms with Crippen LogP contribution in [-0.4, -0.2) is 4.57 Å². The Morgan fingerprint density at radius 3 is 2.86 bits per heavy atom. The Hall–Kier alpha value is -0.990. The van der Waals surface area contributed by atoms with Crippen LogP contribution in [0.15, 0.2) is 24.4 Å². The third-order valence-electron chi connectivity index (χ3n) is 2.49. The molecule has 0 atom stereocenters. The molecule has 3 heteroatoms. The van der Waals surface area contributed by atoms with Crippen LogP contribution in [0.1, 0.15) is 12.5 Å². The van der Waals surface area contributed by atoms with E-state index in [0.717, 1.165) is 22.5 Å². The molecule has 0 spiro atoms. The van der Waals surface area contributed by atoms with Gasteiger partial charge in [0.05, 0.1) is 5.02 Å². The number of halogens is 1. The van der Waals surface area contributed by atoms with Gasteiger partial charge in [-0.2, -0.15) is 0 Å². The van der Waals surface area contributed by atoms with Crippen molar-refractivity contribution < 1.29 is 0 Å². The summed E-state index contributed by atoms with van der Waals surface area (Å²) in [7, 11) is 0. The highest BCUT2D eigenvalue weighted by molar-refractivity contribution is 6.35. The van der Waals surface area contributed by atoms with E-state index in [4.69, 9.17) is 17.3 Å². The Labute approximate surface area is 88.3 Å². The fraction of sp³-hybridized carbons (Fsp3) is 0.273. The fourth-order valence-electron chi connectivity index (χ4n) is 1.81. The van der Waals surface area contributed by atoms with Crippen molar-refractivity contribution in [1.82, 2.24) is 4.57 Å². The number of aromatic nitrogens is 1. The molecule has 1 heterocycles. The van der Waals surface area contributed by atoms with Gasteiger partial charge in [-0.1, -0.05) is 17.7 Å². The molecule has 0 saturated heterocycles. The van der Waals surface area contributed by atoms with E-state index in [1.807, 2.05) is 12.1 Å². The fourth-order valence-corrected chi connectivity index (χ4v) is 2.10. The minimum atomic E-state index is 0.535. The summed E-state index contributed by atoms with van der Waals surface area (Å²) in [6.07, 6.45) is 2.08. The Kier molecular flexibility index (Phi) is 2.48. The van der Waals surface area contributed by atoms with Crippen LogP contribution in [0.2, 0.25) is 5.02 Å². The summed E-state index contributed by atoms with van der Waals surface area (Å²) < 4.78 is 2.17. The first-order chi connectivity index (χ1) is 6.77. The Balaban J connectivity index is 2.82. The molecule has 2 aromatic rings. The average Bonchev–Trinajstić information content (AvgIpc) is 2.57. The molecule has 0 fully saturated rings. The number of benzene rings is 1. The Morgan fingerprint density at radius 1 is 1.43 bits per heavy atom. The zero-order valence-corrected chi connectivity index (χ0v) is 8.88. The van der Waals surface area contributed by atoms with Gasteiger partial charge in [-0.3, -0.25) is 0 Å². The topological polar surface area (TPSA) is 30.9 Å². The van der Waals surface area contributed by atoms with Gasteiger partial charge in [0.15, 0.2) is 0 Å². The normalized spacial score (nSPS) is 11.1. The maximum Gasteiger partial charge on any atom is 0.0503 e. The number of hydrogen-bond donors (Lipinski definition) is 1. The third kappa shape index (κ3) is 1.31. The van der Waals surface area contributed by atoms with Gasteiger partial charge >= 0.3 is 0 Å². The molecular formula is C11H13ClN2. The van der Waals surface area contributed by atoms with Crippen LogP contribution >= 0.6 is 11.6 Å². The van der Waals surface area contributed by atoms with Crippen molar-refractivity contribution in [2.75, 3.05) is 0 Å². The molecule has 74 valence electrons. The summed E-state index contributed by atoms with van der Waals surface area (Å²) in [5.74, 6) is 0. The van der Waals surface area contributed by atoms with E-state index in [9.17, 15) is 0 Å². The molecule has 0 aliphatic heterocycles. The van der Waals surface area contributed by atoms with Gasteiger partial charge in [-0.25, -0.2) is 0 Å². The molecule has 2 nitrogen and oxygen atoms in total. The number of fused-ring (bicyclic) bond motifs is 1. The molecule has 2 N–H and O–H groups in total. The predicted octanol–water partition coefficient (Wildman–Crippen LogP) is 2.77. The quantitative estimate of drug-likeness (QED) is 0.809. The molecule has 0 aliphatic carbocycles. The molecule has 1 aromatic heterocycles. The van der Waals surface area contributed by atoms with E-state index in [2.05, 4.69) is 23.8 Å². The van der Waals surface area contributed by atoms with Crippen molar-refractivity contribution in [2.24, 2.45) is 5.73 Å². The van der Waals surface area contributed by atoms with Gasteiger partial charge in [0.25, 0.3) is 0 Å². The van der Waals surface area contributed by atoms with Crippen LogP contribution in [0.5, 0.6) is 0 Å². The lowest BCUT2D eigenvalue weighted by molar-refractivity contribution is 0.792. The zero-order valence-electron chi connectivity index (χ0n) is 8.13. The molecular weight excluding hydrogens is 196 g/mol. The molecule has 1 aromatic carbocycles. The first-order valence-electron chi connectivity index (χ1n) is 4.74. The highest BCUT2D eigenvalue weighted by Gasteiger charge is 2.08. The minimum absolute atomic E-state index is 0.535. The van der Waals surface area contributed by atoms with Gasteiger partial charge in [-0.05, 0) is 24.6 Å². The van der Waals surface area contributed by atoms with Gasteiger partial charge in [-0.15, -0.1) is 0 Å². The molecule has 0 aliphatic rings. The van der Waals surface area contributed by atoms with E-state index in [1.54, 1.807) is 0 Å². The maximum atomic E-state index is 6.14. The maximum absolute atomic E-state index is 6.14. The van der Waals surface area contributed by atoms with Crippen LogP contribution < -0.4 is 5.73 Å².